The van der Waals surface area contributed by atoms with Crippen molar-refractivity contribution in [2.24, 2.45) is 0 Å². The van der Waals surface area contributed by atoms with E-state index in [1.807, 2.05) is 0 Å². The van der Waals surface area contributed by atoms with Gasteiger partial charge in [0.1, 0.15) is 5.75 Å². The first-order valence-electron chi connectivity index (χ1n) is 7.02. The molecule has 3 nitrogen and oxygen atoms in total. The molecule has 0 radical (unpaired) electrons. The smallest absolute Gasteiger partial charge is 0.416 e. The van der Waals surface area contributed by atoms with E-state index < -0.39 is 17.3 Å². The molecule has 8 heteroatoms. The number of aromatic nitrogens is 1. The van der Waals surface area contributed by atoms with Crippen LogP contribution in [0.2, 0.25) is 5.02 Å². The van der Waals surface area contributed by atoms with Crippen LogP contribution in [0.15, 0.2) is 46.1 Å². The van der Waals surface area contributed by atoms with E-state index in [9.17, 15) is 18.0 Å². The minimum Gasteiger partial charge on any atom is -0.496 e. The fraction of sp³-hybridized carbons (Fsp3) is 0.118. The summed E-state index contributed by atoms with van der Waals surface area (Å²) >= 11 is 10.2. The number of benzene rings is 2. The summed E-state index contributed by atoms with van der Waals surface area (Å²) in [4.78, 5) is 14.7. The molecule has 1 aromatic heterocycles. The molecule has 0 aliphatic rings. The van der Waals surface area contributed by atoms with Gasteiger partial charge < -0.3 is 9.72 Å². The molecule has 3 aromatic rings. The Balaban J connectivity index is 2.46. The van der Waals surface area contributed by atoms with Gasteiger partial charge in [-0.3, -0.25) is 4.79 Å². The Bertz CT molecular complexity index is 1030. The van der Waals surface area contributed by atoms with Crippen molar-refractivity contribution in [3.05, 3.63) is 57.3 Å². The molecule has 0 aliphatic heterocycles. The largest absolute Gasteiger partial charge is 0.496 e. The number of methoxy groups -OCH3 is 1. The van der Waals surface area contributed by atoms with Crippen LogP contribution in [-0.4, -0.2) is 12.1 Å². The second kappa shape index (κ2) is 6.31. The van der Waals surface area contributed by atoms with Gasteiger partial charge in [-0.05, 0) is 36.4 Å². The number of hydrogen-bond donors (Lipinski definition) is 2. The summed E-state index contributed by atoms with van der Waals surface area (Å²) < 4.78 is 44.6. The maximum absolute atomic E-state index is 13.1. The third-order valence-corrected chi connectivity index (χ3v) is 4.41. The van der Waals surface area contributed by atoms with Gasteiger partial charge in [-0.1, -0.05) is 11.6 Å². The summed E-state index contributed by atoms with van der Waals surface area (Å²) in [6.45, 7) is 0. The fourth-order valence-electron chi connectivity index (χ4n) is 2.61. The molecule has 130 valence electrons. The molecule has 0 saturated heterocycles. The van der Waals surface area contributed by atoms with Crippen LogP contribution in [0, 0.1) is 0 Å². The number of alkyl halides is 3. The Hall–Kier alpha value is -2.12. The minimum atomic E-state index is -4.52. The zero-order valence-corrected chi connectivity index (χ0v) is 14.4. The summed E-state index contributed by atoms with van der Waals surface area (Å²) in [5.74, 6) is 0.365. The normalized spacial score (nSPS) is 11.8. The third-order valence-electron chi connectivity index (χ3n) is 3.75. The average Bonchev–Trinajstić information content (AvgIpc) is 2.55. The number of aromatic amines is 1. The third kappa shape index (κ3) is 3.21. The lowest BCUT2D eigenvalue weighted by Gasteiger charge is -2.15. The van der Waals surface area contributed by atoms with Crippen LogP contribution in [0.1, 0.15) is 5.56 Å². The van der Waals surface area contributed by atoms with Crippen LogP contribution in [0.3, 0.4) is 0 Å². The Morgan fingerprint density at radius 3 is 2.52 bits per heavy atom. The van der Waals surface area contributed by atoms with Gasteiger partial charge in [-0.15, -0.1) is 12.6 Å². The fourth-order valence-corrected chi connectivity index (χ4v) is 3.08. The Morgan fingerprint density at radius 2 is 1.88 bits per heavy atom. The first-order valence-corrected chi connectivity index (χ1v) is 7.85. The van der Waals surface area contributed by atoms with E-state index in [0.717, 1.165) is 12.1 Å². The van der Waals surface area contributed by atoms with Crippen LogP contribution in [0.25, 0.3) is 22.0 Å². The topological polar surface area (TPSA) is 42.1 Å². The molecule has 2 aromatic carbocycles. The van der Waals surface area contributed by atoms with E-state index in [-0.39, 0.29) is 21.4 Å². The molecule has 1 heterocycles. The van der Waals surface area contributed by atoms with Gasteiger partial charge in [0.05, 0.1) is 17.6 Å². The molecule has 0 saturated carbocycles. The van der Waals surface area contributed by atoms with Crippen molar-refractivity contribution in [3.63, 3.8) is 0 Å². The van der Waals surface area contributed by atoms with E-state index in [4.69, 9.17) is 16.3 Å². The van der Waals surface area contributed by atoms with Crippen LogP contribution in [0.4, 0.5) is 13.2 Å². The highest BCUT2D eigenvalue weighted by molar-refractivity contribution is 7.80. The van der Waals surface area contributed by atoms with Crippen molar-refractivity contribution >= 4 is 35.1 Å². The molecule has 0 aliphatic carbocycles. The number of H-pyrrole nitrogens is 1. The van der Waals surface area contributed by atoms with E-state index >= 15 is 0 Å². The number of thiol groups is 1. The maximum atomic E-state index is 13.1. The number of fused-ring (bicyclic) bond motifs is 1. The Morgan fingerprint density at radius 1 is 1.16 bits per heavy atom. The monoisotopic (exact) mass is 385 g/mol. The molecule has 25 heavy (non-hydrogen) atoms. The Kier molecular flexibility index (Phi) is 4.47. The molecule has 0 fully saturated rings. The van der Waals surface area contributed by atoms with Crippen molar-refractivity contribution in [2.75, 3.05) is 7.11 Å². The predicted molar refractivity (Wildman–Crippen MR) is 93.8 cm³/mol. The SMILES string of the molecule is COc1ccc(Cl)cc1-c1c(S)c(=O)[nH]c2ccc(C(F)(F)F)cc12. The molecule has 0 bridgehead atoms. The number of pyridine rings is 1. The number of hydrogen-bond acceptors (Lipinski definition) is 3. The van der Waals surface area contributed by atoms with E-state index in [0.29, 0.717) is 16.3 Å². The van der Waals surface area contributed by atoms with Crippen LogP contribution in [-0.2, 0) is 6.18 Å². The van der Waals surface area contributed by atoms with Crippen LogP contribution >= 0.6 is 24.2 Å². The second-order valence-corrected chi connectivity index (χ2v) is 6.16. The van der Waals surface area contributed by atoms with Crippen molar-refractivity contribution in [2.45, 2.75) is 11.1 Å². The van der Waals surface area contributed by atoms with Gasteiger partial charge >= 0.3 is 6.18 Å². The lowest BCUT2D eigenvalue weighted by atomic mass is 9.98. The first-order chi connectivity index (χ1) is 11.7. The van der Waals surface area contributed by atoms with Gasteiger partial charge in [0.25, 0.3) is 5.56 Å². The minimum absolute atomic E-state index is 0.0209. The maximum Gasteiger partial charge on any atom is 0.416 e. The Labute approximate surface area is 150 Å². The van der Waals surface area contributed by atoms with E-state index in [1.54, 1.807) is 12.1 Å². The van der Waals surface area contributed by atoms with Crippen molar-refractivity contribution in [1.29, 1.82) is 0 Å². The summed E-state index contributed by atoms with van der Waals surface area (Å²) in [5, 5.41) is 0.545. The number of rotatable bonds is 2. The lowest BCUT2D eigenvalue weighted by Crippen LogP contribution is -2.11. The van der Waals surface area contributed by atoms with Crippen LogP contribution < -0.4 is 10.3 Å². The molecular weight excluding hydrogens is 375 g/mol. The van der Waals surface area contributed by atoms with E-state index in [1.165, 1.54) is 19.2 Å². The number of nitrogens with one attached hydrogen (secondary N) is 1. The molecule has 0 atom stereocenters. The van der Waals surface area contributed by atoms with E-state index in [2.05, 4.69) is 17.6 Å². The highest BCUT2D eigenvalue weighted by Gasteiger charge is 2.31. The van der Waals surface area contributed by atoms with Gasteiger partial charge in [0, 0.05) is 27.1 Å². The highest BCUT2D eigenvalue weighted by atomic mass is 35.5. The zero-order chi connectivity index (χ0) is 18.4. The predicted octanol–water partition coefficient (Wildman–Crippen LogP) is 5.16. The van der Waals surface area contributed by atoms with Gasteiger partial charge in [0.2, 0.25) is 0 Å². The molecule has 3 rings (SSSR count). The molecule has 0 spiro atoms. The summed E-state index contributed by atoms with van der Waals surface area (Å²) in [7, 11) is 1.42. The quantitative estimate of drug-likeness (QED) is 0.598. The first kappa shape index (κ1) is 17.7. The number of halogens is 4. The molecule has 1 N–H and O–H groups in total. The molecule has 0 unspecified atom stereocenters. The van der Waals surface area contributed by atoms with Crippen molar-refractivity contribution in [1.82, 2.24) is 4.98 Å². The lowest BCUT2D eigenvalue weighted by molar-refractivity contribution is -0.137. The standard InChI is InChI=1S/C17H11ClF3NO2S/c1-24-13-5-3-9(18)7-11(13)14-10-6-8(17(19,20)21)2-4-12(10)22-16(23)15(14)25/h2-7,25H,1H3,(H,22,23). The highest BCUT2D eigenvalue weighted by Crippen LogP contribution is 2.40. The van der Waals surface area contributed by atoms with Gasteiger partial charge in [-0.25, -0.2) is 0 Å². The van der Waals surface area contributed by atoms with Gasteiger partial charge in [-0.2, -0.15) is 13.2 Å². The zero-order valence-electron chi connectivity index (χ0n) is 12.7. The molecule has 0 amide bonds. The number of ether oxygens (including phenoxy) is 1. The summed E-state index contributed by atoms with van der Waals surface area (Å²) in [6, 6.07) is 7.78. The van der Waals surface area contributed by atoms with Crippen molar-refractivity contribution < 1.29 is 17.9 Å². The summed E-state index contributed by atoms with van der Waals surface area (Å²) in [6.07, 6.45) is -4.52. The van der Waals surface area contributed by atoms with Gasteiger partial charge in [0.15, 0.2) is 0 Å². The van der Waals surface area contributed by atoms with Crippen LogP contribution in [0.5, 0.6) is 5.75 Å². The van der Waals surface area contributed by atoms with Crippen molar-refractivity contribution in [3.8, 4) is 16.9 Å². The second-order valence-electron chi connectivity index (χ2n) is 5.28. The molecular formula is C17H11ClF3NO2S. The average molecular weight is 386 g/mol. The summed E-state index contributed by atoms with van der Waals surface area (Å²) in [5.41, 5.74) is -0.481.